The lowest BCUT2D eigenvalue weighted by molar-refractivity contribution is -0.120. The molecule has 0 radical (unpaired) electrons. The van der Waals surface area contributed by atoms with Crippen molar-refractivity contribution in [3.8, 4) is 0 Å². The van der Waals surface area contributed by atoms with Crippen LogP contribution >= 0.6 is 0 Å². The number of rotatable bonds is 4. The number of aryl methyl sites for hydroxylation is 1. The SMILES string of the molecule is CCNC(=O)CNC1CCc2cc(N)ccc21. The maximum atomic E-state index is 11.4. The van der Waals surface area contributed by atoms with Crippen molar-refractivity contribution in [2.24, 2.45) is 0 Å². The first-order valence-corrected chi connectivity index (χ1v) is 6.09. The summed E-state index contributed by atoms with van der Waals surface area (Å²) in [5.41, 5.74) is 9.15. The Morgan fingerprint density at radius 2 is 2.35 bits per heavy atom. The molecule has 1 aliphatic carbocycles. The van der Waals surface area contributed by atoms with Crippen molar-refractivity contribution in [3.05, 3.63) is 29.3 Å². The molecule has 0 fully saturated rings. The van der Waals surface area contributed by atoms with Crippen molar-refractivity contribution in [3.63, 3.8) is 0 Å². The summed E-state index contributed by atoms with van der Waals surface area (Å²) in [6.07, 6.45) is 2.08. The van der Waals surface area contributed by atoms with Gasteiger partial charge < -0.3 is 16.4 Å². The van der Waals surface area contributed by atoms with Gasteiger partial charge in [-0.05, 0) is 43.0 Å². The average molecular weight is 233 g/mol. The number of likely N-dealkylation sites (N-methyl/N-ethyl adjacent to an activating group) is 1. The molecule has 0 spiro atoms. The van der Waals surface area contributed by atoms with E-state index in [1.165, 1.54) is 11.1 Å². The molecule has 0 bridgehead atoms. The van der Waals surface area contributed by atoms with Gasteiger partial charge in [-0.15, -0.1) is 0 Å². The van der Waals surface area contributed by atoms with E-state index in [4.69, 9.17) is 5.73 Å². The highest BCUT2D eigenvalue weighted by molar-refractivity contribution is 5.78. The summed E-state index contributed by atoms with van der Waals surface area (Å²) in [6.45, 7) is 2.98. The molecule has 4 nitrogen and oxygen atoms in total. The zero-order valence-electron chi connectivity index (χ0n) is 10.1. The number of nitrogens with one attached hydrogen (secondary N) is 2. The highest BCUT2D eigenvalue weighted by atomic mass is 16.1. The summed E-state index contributed by atoms with van der Waals surface area (Å²) in [5, 5.41) is 6.07. The third-order valence-corrected chi connectivity index (χ3v) is 3.13. The fourth-order valence-corrected chi connectivity index (χ4v) is 2.33. The molecule has 0 heterocycles. The van der Waals surface area contributed by atoms with Gasteiger partial charge in [-0.25, -0.2) is 0 Å². The van der Waals surface area contributed by atoms with Crippen LogP contribution in [0.3, 0.4) is 0 Å². The molecule has 17 heavy (non-hydrogen) atoms. The van der Waals surface area contributed by atoms with E-state index < -0.39 is 0 Å². The Bertz CT molecular complexity index is 417. The number of carbonyl (C=O) groups excluding carboxylic acids is 1. The smallest absolute Gasteiger partial charge is 0.233 e. The van der Waals surface area contributed by atoms with E-state index in [9.17, 15) is 4.79 Å². The van der Waals surface area contributed by atoms with Gasteiger partial charge in [0.25, 0.3) is 0 Å². The van der Waals surface area contributed by atoms with Gasteiger partial charge in [-0.3, -0.25) is 4.79 Å². The molecule has 1 atom stereocenters. The van der Waals surface area contributed by atoms with Crippen LogP contribution in [0.1, 0.15) is 30.5 Å². The van der Waals surface area contributed by atoms with Crippen molar-refractivity contribution in [1.29, 1.82) is 0 Å². The predicted octanol–water partition coefficient (Wildman–Crippen LogP) is 0.982. The lowest BCUT2D eigenvalue weighted by atomic mass is 10.1. The van der Waals surface area contributed by atoms with Gasteiger partial charge >= 0.3 is 0 Å². The number of carbonyl (C=O) groups is 1. The molecule has 1 unspecified atom stereocenters. The van der Waals surface area contributed by atoms with E-state index in [-0.39, 0.29) is 11.9 Å². The van der Waals surface area contributed by atoms with Gasteiger partial charge in [0.1, 0.15) is 0 Å². The van der Waals surface area contributed by atoms with Gasteiger partial charge in [0.15, 0.2) is 0 Å². The average Bonchev–Trinajstić information content (AvgIpc) is 2.69. The summed E-state index contributed by atoms with van der Waals surface area (Å²) in [7, 11) is 0. The fraction of sp³-hybridized carbons (Fsp3) is 0.462. The molecular formula is C13H19N3O. The third-order valence-electron chi connectivity index (χ3n) is 3.13. The number of benzene rings is 1. The van der Waals surface area contributed by atoms with E-state index >= 15 is 0 Å². The zero-order chi connectivity index (χ0) is 12.3. The first-order valence-electron chi connectivity index (χ1n) is 6.09. The molecule has 0 saturated carbocycles. The van der Waals surface area contributed by atoms with Crippen LogP contribution in [-0.2, 0) is 11.2 Å². The Balaban J connectivity index is 1.95. The molecule has 92 valence electrons. The molecule has 1 amide bonds. The van der Waals surface area contributed by atoms with Gasteiger partial charge in [0, 0.05) is 18.3 Å². The molecule has 4 N–H and O–H groups in total. The first-order chi connectivity index (χ1) is 8.20. The van der Waals surface area contributed by atoms with E-state index in [1.54, 1.807) is 0 Å². The quantitative estimate of drug-likeness (QED) is 0.679. The third kappa shape index (κ3) is 2.77. The monoisotopic (exact) mass is 233 g/mol. The van der Waals surface area contributed by atoms with Crippen LogP contribution in [0, 0.1) is 0 Å². The largest absolute Gasteiger partial charge is 0.399 e. The van der Waals surface area contributed by atoms with Crippen LogP contribution < -0.4 is 16.4 Å². The molecule has 1 aromatic rings. The second-order valence-corrected chi connectivity index (χ2v) is 4.38. The van der Waals surface area contributed by atoms with Crippen LogP contribution in [0.2, 0.25) is 0 Å². The first kappa shape index (κ1) is 11.9. The van der Waals surface area contributed by atoms with Crippen molar-refractivity contribution in [2.75, 3.05) is 18.8 Å². The summed E-state index contributed by atoms with van der Waals surface area (Å²) < 4.78 is 0. The normalized spacial score (nSPS) is 17.8. The second kappa shape index (κ2) is 5.19. The lowest BCUT2D eigenvalue weighted by Crippen LogP contribution is -2.35. The second-order valence-electron chi connectivity index (χ2n) is 4.38. The molecule has 0 aromatic heterocycles. The summed E-state index contributed by atoms with van der Waals surface area (Å²) in [6, 6.07) is 6.30. The standard InChI is InChI=1S/C13H19N3O/c1-2-15-13(17)8-16-12-6-3-9-7-10(14)4-5-11(9)12/h4-5,7,12,16H,2-3,6,8,14H2,1H3,(H,15,17). The number of hydrogen-bond acceptors (Lipinski definition) is 3. The Morgan fingerprint density at radius 1 is 1.53 bits per heavy atom. The molecule has 1 aliphatic rings. The Kier molecular flexibility index (Phi) is 3.64. The van der Waals surface area contributed by atoms with E-state index in [1.807, 2.05) is 19.1 Å². The number of anilines is 1. The molecule has 0 saturated heterocycles. The Hall–Kier alpha value is -1.55. The number of amides is 1. The minimum Gasteiger partial charge on any atom is -0.399 e. The minimum absolute atomic E-state index is 0.0522. The zero-order valence-corrected chi connectivity index (χ0v) is 10.1. The topological polar surface area (TPSA) is 67.2 Å². The molecule has 0 aliphatic heterocycles. The summed E-state index contributed by atoms with van der Waals surface area (Å²) >= 11 is 0. The van der Waals surface area contributed by atoms with Crippen LogP contribution in [0.4, 0.5) is 5.69 Å². The summed E-state index contributed by atoms with van der Waals surface area (Å²) in [4.78, 5) is 11.4. The molecule has 2 rings (SSSR count). The highest BCUT2D eigenvalue weighted by Gasteiger charge is 2.22. The van der Waals surface area contributed by atoms with Crippen molar-refractivity contribution >= 4 is 11.6 Å². The highest BCUT2D eigenvalue weighted by Crippen LogP contribution is 2.31. The number of nitrogens with two attached hydrogens (primary N) is 1. The molecular weight excluding hydrogens is 214 g/mol. The van der Waals surface area contributed by atoms with Crippen molar-refractivity contribution in [1.82, 2.24) is 10.6 Å². The van der Waals surface area contributed by atoms with Crippen molar-refractivity contribution < 1.29 is 4.79 Å². The minimum atomic E-state index is 0.0522. The van der Waals surface area contributed by atoms with Gasteiger partial charge in [-0.1, -0.05) is 6.07 Å². The van der Waals surface area contributed by atoms with E-state index in [0.29, 0.717) is 13.1 Å². The summed E-state index contributed by atoms with van der Waals surface area (Å²) in [5.74, 6) is 0.0522. The van der Waals surface area contributed by atoms with Crippen LogP contribution in [0.15, 0.2) is 18.2 Å². The van der Waals surface area contributed by atoms with Gasteiger partial charge in [0.2, 0.25) is 5.91 Å². The number of fused-ring (bicyclic) bond motifs is 1. The fourth-order valence-electron chi connectivity index (χ4n) is 2.33. The Labute approximate surface area is 102 Å². The lowest BCUT2D eigenvalue weighted by Gasteiger charge is -2.13. The predicted molar refractivity (Wildman–Crippen MR) is 68.6 cm³/mol. The maximum Gasteiger partial charge on any atom is 0.233 e. The molecule has 4 heteroatoms. The molecule has 1 aromatic carbocycles. The van der Waals surface area contributed by atoms with Crippen LogP contribution in [0.5, 0.6) is 0 Å². The van der Waals surface area contributed by atoms with Crippen LogP contribution in [0.25, 0.3) is 0 Å². The van der Waals surface area contributed by atoms with Gasteiger partial charge in [0.05, 0.1) is 6.54 Å². The van der Waals surface area contributed by atoms with Crippen molar-refractivity contribution in [2.45, 2.75) is 25.8 Å². The van der Waals surface area contributed by atoms with E-state index in [2.05, 4.69) is 16.7 Å². The van der Waals surface area contributed by atoms with E-state index in [0.717, 1.165) is 18.5 Å². The number of hydrogen-bond donors (Lipinski definition) is 3. The maximum absolute atomic E-state index is 11.4. The number of nitrogen functional groups attached to an aromatic ring is 1. The Morgan fingerprint density at radius 3 is 3.12 bits per heavy atom. The van der Waals surface area contributed by atoms with Crippen LogP contribution in [-0.4, -0.2) is 19.0 Å². The van der Waals surface area contributed by atoms with Gasteiger partial charge in [-0.2, -0.15) is 0 Å².